The Morgan fingerprint density at radius 2 is 2.18 bits per heavy atom. The third-order valence-corrected chi connectivity index (χ3v) is 2.13. The summed E-state index contributed by atoms with van der Waals surface area (Å²) >= 11 is 0. The van der Waals surface area contributed by atoms with Crippen molar-refractivity contribution in [3.05, 3.63) is 0 Å². The van der Waals surface area contributed by atoms with Gasteiger partial charge in [-0.15, -0.1) is 0 Å². The van der Waals surface area contributed by atoms with Crippen LogP contribution in [0.3, 0.4) is 0 Å². The molecule has 1 aliphatic rings. The van der Waals surface area contributed by atoms with Gasteiger partial charge in [0.25, 0.3) is 0 Å². The Balaban J connectivity index is 2.58. The summed E-state index contributed by atoms with van der Waals surface area (Å²) in [7, 11) is 0. The van der Waals surface area contributed by atoms with Crippen LogP contribution in [0.4, 0.5) is 0 Å². The molecule has 62 valence electrons. The van der Waals surface area contributed by atoms with Crippen LogP contribution >= 0.6 is 0 Å². The standard InChI is InChI=1S/C8H13NO2/c1-3-11-7(10)8(4-5-8)6(2)9/h9H,3-5H2,1-2H3. The highest BCUT2D eigenvalue weighted by atomic mass is 16.5. The number of ether oxygens (including phenoxy) is 1. The van der Waals surface area contributed by atoms with Crippen LogP contribution < -0.4 is 0 Å². The van der Waals surface area contributed by atoms with Crippen molar-refractivity contribution in [2.75, 3.05) is 6.61 Å². The first kappa shape index (κ1) is 8.24. The number of hydrogen-bond acceptors (Lipinski definition) is 3. The van der Waals surface area contributed by atoms with E-state index in [1.165, 1.54) is 0 Å². The summed E-state index contributed by atoms with van der Waals surface area (Å²) in [5, 5.41) is 7.37. The zero-order valence-electron chi connectivity index (χ0n) is 6.94. The minimum atomic E-state index is -0.518. The highest BCUT2D eigenvalue weighted by Crippen LogP contribution is 2.47. The van der Waals surface area contributed by atoms with E-state index in [0.29, 0.717) is 12.3 Å². The van der Waals surface area contributed by atoms with E-state index in [-0.39, 0.29) is 5.97 Å². The molecule has 1 aliphatic carbocycles. The Bertz CT molecular complexity index is 194. The number of nitrogens with one attached hydrogen (secondary N) is 1. The molecule has 0 aliphatic heterocycles. The highest BCUT2D eigenvalue weighted by Gasteiger charge is 2.53. The molecule has 0 bridgehead atoms. The minimum Gasteiger partial charge on any atom is -0.465 e. The van der Waals surface area contributed by atoms with E-state index in [0.717, 1.165) is 12.8 Å². The van der Waals surface area contributed by atoms with Crippen LogP contribution in [0.2, 0.25) is 0 Å². The number of carbonyl (C=O) groups is 1. The molecule has 1 rings (SSSR count). The lowest BCUT2D eigenvalue weighted by Crippen LogP contribution is -2.25. The topological polar surface area (TPSA) is 50.2 Å². The molecule has 0 radical (unpaired) electrons. The molecule has 0 saturated heterocycles. The second-order valence-electron chi connectivity index (χ2n) is 2.93. The number of hydrogen-bond donors (Lipinski definition) is 1. The van der Waals surface area contributed by atoms with Gasteiger partial charge >= 0.3 is 5.97 Å². The predicted octanol–water partition coefficient (Wildman–Crippen LogP) is 1.37. The summed E-state index contributed by atoms with van der Waals surface area (Å²) in [6.07, 6.45) is 1.59. The van der Waals surface area contributed by atoms with Crippen molar-refractivity contribution in [3.8, 4) is 0 Å². The maximum Gasteiger partial charge on any atom is 0.317 e. The van der Waals surface area contributed by atoms with Crippen molar-refractivity contribution >= 4 is 11.7 Å². The normalized spacial score (nSPS) is 19.1. The Morgan fingerprint density at radius 1 is 1.64 bits per heavy atom. The van der Waals surface area contributed by atoms with Crippen molar-refractivity contribution < 1.29 is 9.53 Å². The van der Waals surface area contributed by atoms with Gasteiger partial charge in [0.2, 0.25) is 0 Å². The third-order valence-electron chi connectivity index (χ3n) is 2.13. The van der Waals surface area contributed by atoms with Crippen LogP contribution in [0.1, 0.15) is 26.7 Å². The molecular weight excluding hydrogens is 142 g/mol. The zero-order valence-corrected chi connectivity index (χ0v) is 6.94. The maximum absolute atomic E-state index is 11.2. The lowest BCUT2D eigenvalue weighted by atomic mass is 10.0. The van der Waals surface area contributed by atoms with Crippen molar-refractivity contribution in [3.63, 3.8) is 0 Å². The summed E-state index contributed by atoms with van der Waals surface area (Å²) in [5.74, 6) is -0.215. The van der Waals surface area contributed by atoms with Gasteiger partial charge in [0.05, 0.1) is 6.61 Å². The summed E-state index contributed by atoms with van der Waals surface area (Å²) in [5.41, 5.74) is -0.0772. The van der Waals surface area contributed by atoms with Crippen LogP contribution in [0.5, 0.6) is 0 Å². The molecule has 0 amide bonds. The van der Waals surface area contributed by atoms with E-state index in [1.54, 1.807) is 13.8 Å². The summed E-state index contributed by atoms with van der Waals surface area (Å²) in [6, 6.07) is 0. The molecule has 0 unspecified atom stereocenters. The van der Waals surface area contributed by atoms with Crippen molar-refractivity contribution in [2.24, 2.45) is 5.41 Å². The van der Waals surface area contributed by atoms with Gasteiger partial charge in [0.15, 0.2) is 0 Å². The first-order chi connectivity index (χ1) is 5.13. The number of esters is 1. The fraction of sp³-hybridized carbons (Fsp3) is 0.750. The molecular formula is C8H13NO2. The summed E-state index contributed by atoms with van der Waals surface area (Å²) in [6.45, 7) is 3.87. The molecule has 1 saturated carbocycles. The average Bonchev–Trinajstić information content (AvgIpc) is 2.66. The molecule has 11 heavy (non-hydrogen) atoms. The second-order valence-corrected chi connectivity index (χ2v) is 2.93. The highest BCUT2D eigenvalue weighted by molar-refractivity contribution is 6.06. The van der Waals surface area contributed by atoms with Gasteiger partial charge in [0, 0.05) is 5.71 Å². The van der Waals surface area contributed by atoms with Crippen LogP contribution in [0.15, 0.2) is 0 Å². The Morgan fingerprint density at radius 3 is 2.45 bits per heavy atom. The molecule has 3 nitrogen and oxygen atoms in total. The molecule has 0 aromatic rings. The van der Waals surface area contributed by atoms with Crippen molar-refractivity contribution in [1.82, 2.24) is 0 Å². The van der Waals surface area contributed by atoms with Gasteiger partial charge < -0.3 is 10.1 Å². The van der Waals surface area contributed by atoms with E-state index in [4.69, 9.17) is 10.1 Å². The van der Waals surface area contributed by atoms with E-state index >= 15 is 0 Å². The molecule has 3 heteroatoms. The van der Waals surface area contributed by atoms with Gasteiger partial charge in [-0.2, -0.15) is 0 Å². The Labute approximate surface area is 66.2 Å². The molecule has 0 atom stereocenters. The van der Waals surface area contributed by atoms with Gasteiger partial charge in [-0.25, -0.2) is 0 Å². The number of rotatable bonds is 3. The van der Waals surface area contributed by atoms with Crippen LogP contribution in [-0.4, -0.2) is 18.3 Å². The Hall–Kier alpha value is -0.860. The number of carbonyl (C=O) groups excluding carboxylic acids is 1. The monoisotopic (exact) mass is 155 g/mol. The van der Waals surface area contributed by atoms with E-state index in [9.17, 15) is 4.79 Å². The average molecular weight is 155 g/mol. The van der Waals surface area contributed by atoms with Gasteiger partial charge in [-0.05, 0) is 26.7 Å². The molecule has 1 fully saturated rings. The maximum atomic E-state index is 11.2. The first-order valence-electron chi connectivity index (χ1n) is 3.86. The van der Waals surface area contributed by atoms with Gasteiger partial charge in [-0.3, -0.25) is 4.79 Å². The fourth-order valence-electron chi connectivity index (χ4n) is 1.13. The first-order valence-corrected chi connectivity index (χ1v) is 3.86. The lowest BCUT2D eigenvalue weighted by molar-refractivity contribution is -0.146. The summed E-state index contributed by atoms with van der Waals surface area (Å²) < 4.78 is 4.85. The van der Waals surface area contributed by atoms with E-state index in [1.807, 2.05) is 0 Å². The Kier molecular flexibility index (Phi) is 1.98. The molecule has 0 aromatic carbocycles. The van der Waals surface area contributed by atoms with Crippen LogP contribution in [0.25, 0.3) is 0 Å². The molecule has 1 N–H and O–H groups in total. The molecule has 0 heterocycles. The second kappa shape index (κ2) is 2.64. The van der Waals surface area contributed by atoms with Crippen LogP contribution in [-0.2, 0) is 9.53 Å². The molecule has 0 aromatic heterocycles. The third kappa shape index (κ3) is 1.27. The van der Waals surface area contributed by atoms with Crippen LogP contribution in [0, 0.1) is 10.8 Å². The summed E-state index contributed by atoms with van der Waals surface area (Å²) in [4.78, 5) is 11.2. The predicted molar refractivity (Wildman–Crippen MR) is 41.7 cm³/mol. The van der Waals surface area contributed by atoms with E-state index in [2.05, 4.69) is 0 Å². The van der Waals surface area contributed by atoms with E-state index < -0.39 is 5.41 Å². The van der Waals surface area contributed by atoms with Crippen molar-refractivity contribution in [2.45, 2.75) is 26.7 Å². The lowest BCUT2D eigenvalue weighted by Gasteiger charge is -2.10. The van der Waals surface area contributed by atoms with Crippen molar-refractivity contribution in [1.29, 1.82) is 5.41 Å². The fourth-order valence-corrected chi connectivity index (χ4v) is 1.13. The van der Waals surface area contributed by atoms with Gasteiger partial charge in [-0.1, -0.05) is 0 Å². The van der Waals surface area contributed by atoms with Gasteiger partial charge in [0.1, 0.15) is 5.41 Å². The minimum absolute atomic E-state index is 0.215. The largest absolute Gasteiger partial charge is 0.465 e. The zero-order chi connectivity index (χ0) is 8.48. The molecule has 0 spiro atoms. The quantitative estimate of drug-likeness (QED) is 0.494. The smallest absolute Gasteiger partial charge is 0.317 e. The SMILES string of the molecule is CCOC(=O)C1(C(C)=N)CC1.